The molecule has 1 aliphatic heterocycles. The quantitative estimate of drug-likeness (QED) is 0.770. The molecule has 1 fully saturated rings. The number of hydrogen-bond donors (Lipinski definition) is 2. The van der Waals surface area contributed by atoms with Crippen LogP contribution in [0.25, 0.3) is 0 Å². The zero-order valence-electron chi connectivity index (χ0n) is 10.4. The first kappa shape index (κ1) is 15.7. The second-order valence-corrected chi connectivity index (χ2v) is 4.89. The van der Waals surface area contributed by atoms with E-state index in [1.165, 1.54) is 0 Å². The van der Waals surface area contributed by atoms with Gasteiger partial charge in [-0.15, -0.1) is 12.4 Å². The molecule has 4 nitrogen and oxygen atoms in total. The Balaban J connectivity index is 0.00000225. The van der Waals surface area contributed by atoms with Gasteiger partial charge in [0.2, 0.25) is 5.91 Å². The van der Waals surface area contributed by atoms with Crippen molar-refractivity contribution >= 4 is 18.3 Å². The fourth-order valence-corrected chi connectivity index (χ4v) is 1.96. The minimum Gasteiger partial charge on any atom is -0.353 e. The summed E-state index contributed by atoms with van der Waals surface area (Å²) in [6, 6.07) is 0.524. The molecule has 0 saturated carbocycles. The number of nitrogens with zero attached hydrogens (tertiary/aromatic N) is 1. The largest absolute Gasteiger partial charge is 0.353 e. The summed E-state index contributed by atoms with van der Waals surface area (Å²) in [5.74, 6) is 0.610. The van der Waals surface area contributed by atoms with E-state index in [9.17, 15) is 4.79 Å². The van der Waals surface area contributed by atoms with Crippen LogP contribution in [0.1, 0.15) is 27.2 Å². The van der Waals surface area contributed by atoms with Crippen molar-refractivity contribution in [1.82, 2.24) is 10.2 Å². The lowest BCUT2D eigenvalue weighted by Crippen LogP contribution is -2.49. The van der Waals surface area contributed by atoms with Gasteiger partial charge in [0.05, 0.1) is 6.54 Å². The van der Waals surface area contributed by atoms with Crippen LogP contribution < -0.4 is 11.1 Å². The molecule has 1 amide bonds. The van der Waals surface area contributed by atoms with Gasteiger partial charge in [-0.2, -0.15) is 0 Å². The monoisotopic (exact) mass is 249 g/mol. The molecule has 0 radical (unpaired) electrons. The van der Waals surface area contributed by atoms with Gasteiger partial charge >= 0.3 is 0 Å². The summed E-state index contributed by atoms with van der Waals surface area (Å²) in [7, 11) is 0. The van der Waals surface area contributed by atoms with Gasteiger partial charge in [-0.1, -0.05) is 6.92 Å². The van der Waals surface area contributed by atoms with Gasteiger partial charge in [-0.05, 0) is 26.2 Å². The highest BCUT2D eigenvalue weighted by molar-refractivity contribution is 5.85. The predicted octanol–water partition coefficient (Wildman–Crippen LogP) is 0.602. The van der Waals surface area contributed by atoms with Gasteiger partial charge < -0.3 is 11.1 Å². The van der Waals surface area contributed by atoms with Gasteiger partial charge in [0.25, 0.3) is 0 Å². The molecule has 0 aromatic heterocycles. The average molecular weight is 250 g/mol. The van der Waals surface area contributed by atoms with Gasteiger partial charge in [0.1, 0.15) is 0 Å². The molecule has 1 aliphatic rings. The Labute approximate surface area is 104 Å². The topological polar surface area (TPSA) is 58.4 Å². The Hall–Kier alpha value is -0.320. The van der Waals surface area contributed by atoms with E-state index in [2.05, 4.69) is 17.1 Å². The molecule has 1 rings (SSSR count). The van der Waals surface area contributed by atoms with Crippen LogP contribution in [0.5, 0.6) is 0 Å². The Morgan fingerprint density at radius 2 is 2.19 bits per heavy atom. The Morgan fingerprint density at radius 3 is 2.69 bits per heavy atom. The summed E-state index contributed by atoms with van der Waals surface area (Å²) in [5, 5.41) is 2.90. The Bertz CT molecular complexity index is 223. The van der Waals surface area contributed by atoms with Crippen molar-refractivity contribution in [2.75, 3.05) is 19.6 Å². The lowest BCUT2D eigenvalue weighted by molar-refractivity contribution is -0.123. The van der Waals surface area contributed by atoms with E-state index in [1.807, 2.05) is 13.8 Å². The highest BCUT2D eigenvalue weighted by Crippen LogP contribution is 2.14. The van der Waals surface area contributed by atoms with Crippen molar-refractivity contribution in [3.63, 3.8) is 0 Å². The first-order chi connectivity index (χ1) is 6.99. The van der Waals surface area contributed by atoms with Gasteiger partial charge in [-0.25, -0.2) is 0 Å². The summed E-state index contributed by atoms with van der Waals surface area (Å²) in [6.07, 6.45) is 0.996. The Morgan fingerprint density at radius 1 is 1.56 bits per heavy atom. The molecule has 0 aromatic rings. The number of carbonyl (C=O) groups excluding carboxylic acids is 1. The molecule has 1 heterocycles. The number of halogens is 1. The van der Waals surface area contributed by atoms with E-state index in [-0.39, 0.29) is 24.4 Å². The molecule has 5 heteroatoms. The van der Waals surface area contributed by atoms with Crippen molar-refractivity contribution in [3.8, 4) is 0 Å². The number of piperidine rings is 1. The van der Waals surface area contributed by atoms with E-state index >= 15 is 0 Å². The molecule has 1 saturated heterocycles. The van der Waals surface area contributed by atoms with E-state index in [0.29, 0.717) is 18.5 Å². The lowest BCUT2D eigenvalue weighted by atomic mass is 9.95. The molecule has 16 heavy (non-hydrogen) atoms. The number of nitrogens with one attached hydrogen (secondary N) is 1. The van der Waals surface area contributed by atoms with Gasteiger partial charge in [0, 0.05) is 25.2 Å². The maximum Gasteiger partial charge on any atom is 0.234 e. The molecule has 0 bridgehead atoms. The fourth-order valence-electron chi connectivity index (χ4n) is 1.96. The number of likely N-dealkylation sites (tertiary alicyclic amines) is 1. The van der Waals surface area contributed by atoms with E-state index in [1.54, 1.807) is 0 Å². The van der Waals surface area contributed by atoms with Crippen molar-refractivity contribution in [1.29, 1.82) is 0 Å². The molecule has 0 aliphatic carbocycles. The molecule has 2 atom stereocenters. The average Bonchev–Trinajstić information content (AvgIpc) is 2.10. The lowest BCUT2D eigenvalue weighted by Gasteiger charge is -2.34. The number of carbonyl (C=O) groups is 1. The van der Waals surface area contributed by atoms with Crippen LogP contribution in [0.15, 0.2) is 0 Å². The standard InChI is InChI=1S/C11H23N3O.ClH/c1-8(2)13-11(15)7-14-5-4-10(12)9(3)6-14;/h8-10H,4-7,12H2,1-3H3,(H,13,15);1H. The first-order valence-electron chi connectivity index (χ1n) is 5.76. The molecule has 0 spiro atoms. The van der Waals surface area contributed by atoms with Crippen molar-refractivity contribution < 1.29 is 4.79 Å². The number of rotatable bonds is 3. The van der Waals surface area contributed by atoms with E-state index < -0.39 is 0 Å². The predicted molar refractivity (Wildman–Crippen MR) is 68.7 cm³/mol. The SMILES string of the molecule is CC(C)NC(=O)CN1CCC(N)C(C)C1.Cl. The van der Waals surface area contributed by atoms with Crippen LogP contribution in [0, 0.1) is 5.92 Å². The summed E-state index contributed by atoms with van der Waals surface area (Å²) < 4.78 is 0. The fraction of sp³-hybridized carbons (Fsp3) is 0.909. The van der Waals surface area contributed by atoms with Crippen LogP contribution in [-0.4, -0.2) is 42.5 Å². The molecule has 96 valence electrons. The third-order valence-electron chi connectivity index (χ3n) is 2.87. The third-order valence-corrected chi connectivity index (χ3v) is 2.87. The maximum atomic E-state index is 11.5. The van der Waals surface area contributed by atoms with Crippen LogP contribution >= 0.6 is 12.4 Å². The summed E-state index contributed by atoms with van der Waals surface area (Å²) >= 11 is 0. The van der Waals surface area contributed by atoms with E-state index in [0.717, 1.165) is 19.5 Å². The number of hydrogen-bond acceptors (Lipinski definition) is 3. The second kappa shape index (κ2) is 7.09. The number of amides is 1. The highest BCUT2D eigenvalue weighted by Gasteiger charge is 2.24. The summed E-state index contributed by atoms with van der Waals surface area (Å²) in [6.45, 7) is 8.50. The van der Waals surface area contributed by atoms with Crippen LogP contribution in [0.3, 0.4) is 0 Å². The molecule has 2 unspecified atom stereocenters. The number of nitrogens with two attached hydrogens (primary N) is 1. The van der Waals surface area contributed by atoms with Crippen LogP contribution in [0.4, 0.5) is 0 Å². The van der Waals surface area contributed by atoms with Crippen LogP contribution in [-0.2, 0) is 4.79 Å². The van der Waals surface area contributed by atoms with E-state index in [4.69, 9.17) is 5.73 Å². The smallest absolute Gasteiger partial charge is 0.234 e. The molecular weight excluding hydrogens is 226 g/mol. The molecule has 0 aromatic carbocycles. The molecule has 3 N–H and O–H groups in total. The zero-order chi connectivity index (χ0) is 11.4. The Kier molecular flexibility index (Phi) is 6.95. The normalized spacial score (nSPS) is 26.3. The highest BCUT2D eigenvalue weighted by atomic mass is 35.5. The minimum absolute atomic E-state index is 0. The third kappa shape index (κ3) is 5.14. The van der Waals surface area contributed by atoms with Crippen molar-refractivity contribution in [2.24, 2.45) is 11.7 Å². The van der Waals surface area contributed by atoms with Gasteiger partial charge in [-0.3, -0.25) is 9.69 Å². The summed E-state index contributed by atoms with van der Waals surface area (Å²) in [5.41, 5.74) is 5.92. The van der Waals surface area contributed by atoms with Crippen molar-refractivity contribution in [3.05, 3.63) is 0 Å². The van der Waals surface area contributed by atoms with Crippen molar-refractivity contribution in [2.45, 2.75) is 39.3 Å². The minimum atomic E-state index is 0. The second-order valence-electron chi connectivity index (χ2n) is 4.89. The summed E-state index contributed by atoms with van der Waals surface area (Å²) in [4.78, 5) is 13.7. The first-order valence-corrected chi connectivity index (χ1v) is 5.76. The zero-order valence-corrected chi connectivity index (χ0v) is 11.2. The van der Waals surface area contributed by atoms with Crippen LogP contribution in [0.2, 0.25) is 0 Å². The molecular formula is C11H24ClN3O. The maximum absolute atomic E-state index is 11.5. The van der Waals surface area contributed by atoms with Gasteiger partial charge in [0.15, 0.2) is 0 Å².